The molecule has 1 amide bonds. The number of hydrogen-bond donors (Lipinski definition) is 1. The number of carbonyl (C=O) groups excluding carboxylic acids is 1. The lowest BCUT2D eigenvalue weighted by Crippen LogP contribution is -2.22. The summed E-state index contributed by atoms with van der Waals surface area (Å²) in [7, 11) is 1.61. The van der Waals surface area contributed by atoms with Crippen molar-refractivity contribution in [2.45, 2.75) is 17.2 Å². The molecule has 6 nitrogen and oxygen atoms in total. The van der Waals surface area contributed by atoms with Crippen LogP contribution in [0.3, 0.4) is 0 Å². The molecule has 0 fully saturated rings. The van der Waals surface area contributed by atoms with E-state index in [9.17, 15) is 4.79 Å². The van der Waals surface area contributed by atoms with Crippen LogP contribution in [0.4, 0.5) is 0 Å². The summed E-state index contributed by atoms with van der Waals surface area (Å²) in [5.74, 6) is 2.22. The van der Waals surface area contributed by atoms with Crippen molar-refractivity contribution in [1.82, 2.24) is 15.5 Å². The Kier molecular flexibility index (Phi) is 6.64. The van der Waals surface area contributed by atoms with Crippen LogP contribution in [0.25, 0.3) is 11.4 Å². The molecule has 0 atom stereocenters. The first-order valence-electron chi connectivity index (χ1n) is 9.73. The normalized spacial score (nSPS) is 10.6. The molecule has 0 saturated carbocycles. The summed E-state index contributed by atoms with van der Waals surface area (Å²) in [4.78, 5) is 18.0. The van der Waals surface area contributed by atoms with E-state index in [4.69, 9.17) is 9.26 Å². The molecular weight excluding hydrogens is 410 g/mol. The summed E-state index contributed by atoms with van der Waals surface area (Å²) in [6.07, 6.45) is 0. The third-order valence-electron chi connectivity index (χ3n) is 4.58. The predicted molar refractivity (Wildman–Crippen MR) is 120 cm³/mol. The van der Waals surface area contributed by atoms with Gasteiger partial charge in [-0.25, -0.2) is 0 Å². The largest absolute Gasteiger partial charge is 0.497 e. The molecule has 31 heavy (non-hydrogen) atoms. The van der Waals surface area contributed by atoms with Gasteiger partial charge in [0.1, 0.15) is 5.75 Å². The third kappa shape index (κ3) is 5.52. The molecule has 4 aromatic rings. The number of methoxy groups -OCH3 is 1. The number of thioether (sulfide) groups is 1. The fraction of sp³-hybridized carbons (Fsp3) is 0.125. The van der Waals surface area contributed by atoms with Gasteiger partial charge in [0.15, 0.2) is 0 Å². The molecule has 0 aliphatic heterocycles. The van der Waals surface area contributed by atoms with Gasteiger partial charge in [-0.2, -0.15) is 4.98 Å². The molecule has 0 bridgehead atoms. The van der Waals surface area contributed by atoms with E-state index in [0.29, 0.717) is 17.3 Å². The van der Waals surface area contributed by atoms with Gasteiger partial charge in [0.05, 0.1) is 13.7 Å². The van der Waals surface area contributed by atoms with E-state index >= 15 is 0 Å². The number of nitrogens with one attached hydrogen (secondary N) is 1. The third-order valence-corrected chi connectivity index (χ3v) is 5.66. The van der Waals surface area contributed by atoms with Crippen molar-refractivity contribution in [1.29, 1.82) is 0 Å². The van der Waals surface area contributed by atoms with Crippen LogP contribution in [0, 0.1) is 0 Å². The molecule has 0 aliphatic rings. The standard InChI is InChI=1S/C24H21N3O3S/c1-29-20-13-11-18(12-14-20)23-26-22(30-27-23)15-25-24(28)19-9-7-17(8-10-19)16-31-21-5-3-2-4-6-21/h2-14H,15-16H2,1H3,(H,25,28). The van der Waals surface area contributed by atoms with Gasteiger partial charge < -0.3 is 14.6 Å². The van der Waals surface area contributed by atoms with E-state index in [1.54, 1.807) is 18.9 Å². The van der Waals surface area contributed by atoms with Crippen molar-refractivity contribution >= 4 is 17.7 Å². The first kappa shape index (κ1) is 20.7. The monoisotopic (exact) mass is 431 g/mol. The fourth-order valence-corrected chi connectivity index (χ4v) is 3.75. The predicted octanol–water partition coefficient (Wildman–Crippen LogP) is 4.97. The van der Waals surface area contributed by atoms with Gasteiger partial charge in [0, 0.05) is 21.8 Å². The van der Waals surface area contributed by atoms with E-state index in [-0.39, 0.29) is 12.5 Å². The molecular formula is C24H21N3O3S. The number of hydrogen-bond acceptors (Lipinski definition) is 6. The smallest absolute Gasteiger partial charge is 0.251 e. The van der Waals surface area contributed by atoms with E-state index in [0.717, 1.165) is 22.6 Å². The minimum atomic E-state index is -0.188. The fourth-order valence-electron chi connectivity index (χ4n) is 2.88. The molecule has 0 radical (unpaired) electrons. The minimum Gasteiger partial charge on any atom is -0.497 e. The molecule has 156 valence electrons. The number of rotatable bonds is 8. The summed E-state index contributed by atoms with van der Waals surface area (Å²) in [5.41, 5.74) is 2.56. The van der Waals surface area contributed by atoms with Crippen LogP contribution in [-0.4, -0.2) is 23.2 Å². The van der Waals surface area contributed by atoms with Gasteiger partial charge in [-0.15, -0.1) is 11.8 Å². The zero-order valence-electron chi connectivity index (χ0n) is 16.9. The van der Waals surface area contributed by atoms with Crippen molar-refractivity contribution in [3.05, 3.63) is 95.9 Å². The second-order valence-electron chi connectivity index (χ2n) is 6.72. The van der Waals surface area contributed by atoms with Crippen molar-refractivity contribution in [2.24, 2.45) is 0 Å². The maximum Gasteiger partial charge on any atom is 0.251 e. The maximum absolute atomic E-state index is 12.4. The number of nitrogens with zero attached hydrogens (tertiary/aromatic N) is 2. The average molecular weight is 432 g/mol. The highest BCUT2D eigenvalue weighted by atomic mass is 32.2. The molecule has 1 aromatic heterocycles. The number of ether oxygens (including phenoxy) is 1. The van der Waals surface area contributed by atoms with Crippen LogP contribution in [0.2, 0.25) is 0 Å². The summed E-state index contributed by atoms with van der Waals surface area (Å²) >= 11 is 1.76. The molecule has 0 saturated heterocycles. The first-order chi connectivity index (χ1) is 15.2. The second-order valence-corrected chi connectivity index (χ2v) is 7.77. The zero-order chi connectivity index (χ0) is 21.5. The summed E-state index contributed by atoms with van der Waals surface area (Å²) in [5, 5.41) is 6.78. The van der Waals surface area contributed by atoms with Crippen LogP contribution < -0.4 is 10.1 Å². The maximum atomic E-state index is 12.4. The Labute approximate surface area is 184 Å². The highest BCUT2D eigenvalue weighted by Crippen LogP contribution is 2.22. The van der Waals surface area contributed by atoms with Crippen LogP contribution >= 0.6 is 11.8 Å². The first-order valence-corrected chi connectivity index (χ1v) is 10.7. The Bertz CT molecular complexity index is 1130. The zero-order valence-corrected chi connectivity index (χ0v) is 17.8. The van der Waals surface area contributed by atoms with Gasteiger partial charge in [0.25, 0.3) is 5.91 Å². The lowest BCUT2D eigenvalue weighted by Gasteiger charge is -2.05. The van der Waals surface area contributed by atoms with Crippen LogP contribution in [0.15, 0.2) is 88.3 Å². The van der Waals surface area contributed by atoms with Gasteiger partial charge in [-0.05, 0) is 54.1 Å². The highest BCUT2D eigenvalue weighted by Gasteiger charge is 2.11. The highest BCUT2D eigenvalue weighted by molar-refractivity contribution is 7.98. The second kappa shape index (κ2) is 9.95. The number of carbonyl (C=O) groups is 1. The minimum absolute atomic E-state index is 0.160. The molecule has 4 rings (SSSR count). The molecule has 1 heterocycles. The Hall–Kier alpha value is -3.58. The number of amides is 1. The van der Waals surface area contributed by atoms with Gasteiger partial charge in [0.2, 0.25) is 11.7 Å². The average Bonchev–Trinajstić information content (AvgIpc) is 3.31. The summed E-state index contributed by atoms with van der Waals surface area (Å²) in [6.45, 7) is 0.160. The van der Waals surface area contributed by atoms with Crippen LogP contribution in [-0.2, 0) is 12.3 Å². The number of aromatic nitrogens is 2. The molecule has 0 unspecified atom stereocenters. The quantitative estimate of drug-likeness (QED) is 0.397. The molecule has 0 spiro atoms. The van der Waals surface area contributed by atoms with Crippen molar-refractivity contribution in [3.8, 4) is 17.1 Å². The van der Waals surface area contributed by atoms with Crippen molar-refractivity contribution < 1.29 is 14.1 Å². The molecule has 7 heteroatoms. The van der Waals surface area contributed by atoms with E-state index < -0.39 is 0 Å². The van der Waals surface area contributed by atoms with Crippen molar-refractivity contribution in [2.75, 3.05) is 7.11 Å². The van der Waals surface area contributed by atoms with Crippen molar-refractivity contribution in [3.63, 3.8) is 0 Å². The van der Waals surface area contributed by atoms with Crippen LogP contribution in [0.1, 0.15) is 21.8 Å². The Balaban J connectivity index is 1.30. The lowest BCUT2D eigenvalue weighted by molar-refractivity contribution is 0.0946. The molecule has 3 aromatic carbocycles. The van der Waals surface area contributed by atoms with E-state index in [1.165, 1.54) is 4.90 Å². The Morgan fingerprint density at radius 3 is 2.45 bits per heavy atom. The number of benzene rings is 3. The van der Waals surface area contributed by atoms with E-state index in [2.05, 4.69) is 27.6 Å². The Morgan fingerprint density at radius 2 is 1.74 bits per heavy atom. The van der Waals surface area contributed by atoms with Gasteiger partial charge >= 0.3 is 0 Å². The molecule has 1 N–H and O–H groups in total. The topological polar surface area (TPSA) is 77.3 Å². The van der Waals surface area contributed by atoms with E-state index in [1.807, 2.05) is 66.7 Å². The summed E-state index contributed by atoms with van der Waals surface area (Å²) < 4.78 is 10.4. The van der Waals surface area contributed by atoms with Gasteiger partial charge in [-0.3, -0.25) is 4.79 Å². The van der Waals surface area contributed by atoms with Crippen LogP contribution in [0.5, 0.6) is 5.75 Å². The SMILES string of the molecule is COc1ccc(-c2noc(CNC(=O)c3ccc(CSc4ccccc4)cc3)n2)cc1. The summed E-state index contributed by atoms with van der Waals surface area (Å²) in [6, 6.07) is 25.2. The Morgan fingerprint density at radius 1 is 1.00 bits per heavy atom. The lowest BCUT2D eigenvalue weighted by atomic mass is 10.1. The molecule has 0 aliphatic carbocycles. The van der Waals surface area contributed by atoms with Gasteiger partial charge in [-0.1, -0.05) is 35.5 Å².